The summed E-state index contributed by atoms with van der Waals surface area (Å²) in [6.07, 6.45) is 3.79. The van der Waals surface area contributed by atoms with Gasteiger partial charge in [-0.2, -0.15) is 0 Å². The lowest BCUT2D eigenvalue weighted by atomic mass is 9.78. The van der Waals surface area contributed by atoms with E-state index in [9.17, 15) is 0 Å². The van der Waals surface area contributed by atoms with Gasteiger partial charge < -0.3 is 11.1 Å². The number of nitrogens with one attached hydrogen (secondary N) is 1. The van der Waals surface area contributed by atoms with E-state index in [4.69, 9.17) is 5.73 Å². The molecule has 3 nitrogen and oxygen atoms in total. The van der Waals surface area contributed by atoms with E-state index in [2.05, 4.69) is 17.2 Å². The first-order valence-electron chi connectivity index (χ1n) is 5.10. The van der Waals surface area contributed by atoms with Gasteiger partial charge >= 0.3 is 0 Å². The number of pyridine rings is 1. The van der Waals surface area contributed by atoms with Crippen molar-refractivity contribution in [3.05, 3.63) is 17.8 Å². The molecule has 1 fully saturated rings. The maximum atomic E-state index is 5.71. The fourth-order valence-electron chi connectivity index (χ4n) is 1.78. The summed E-state index contributed by atoms with van der Waals surface area (Å²) in [6.45, 7) is 4.17. The minimum atomic E-state index is 0.259. The Labute approximate surface area is 84.7 Å². The zero-order valence-corrected chi connectivity index (χ0v) is 8.80. The molecule has 0 spiro atoms. The van der Waals surface area contributed by atoms with Crippen LogP contribution in [0.5, 0.6) is 0 Å². The van der Waals surface area contributed by atoms with Crippen LogP contribution in [-0.4, -0.2) is 10.5 Å². The highest BCUT2D eigenvalue weighted by atomic mass is 15.1. The number of hydrogen-bond donors (Lipinski definition) is 2. The third-order valence-corrected chi connectivity index (χ3v) is 3.01. The van der Waals surface area contributed by atoms with Crippen LogP contribution in [0.1, 0.15) is 31.9 Å². The smallest absolute Gasteiger partial charge is 0.126 e. The normalized spacial score (nSPS) is 18.7. The van der Waals surface area contributed by atoms with Gasteiger partial charge in [0, 0.05) is 5.54 Å². The molecule has 3 heteroatoms. The number of nitrogen functional groups attached to an aromatic ring is 1. The van der Waals surface area contributed by atoms with Gasteiger partial charge in [-0.1, -0.05) is 0 Å². The van der Waals surface area contributed by atoms with E-state index in [1.807, 2.05) is 19.1 Å². The quantitative estimate of drug-likeness (QED) is 0.754. The summed E-state index contributed by atoms with van der Waals surface area (Å²) in [5.74, 6) is 0.943. The average Bonchev–Trinajstić information content (AvgIpc) is 2.09. The second kappa shape index (κ2) is 3.15. The summed E-state index contributed by atoms with van der Waals surface area (Å²) in [5, 5.41) is 3.46. The van der Waals surface area contributed by atoms with Crippen molar-refractivity contribution in [3.8, 4) is 0 Å². The summed E-state index contributed by atoms with van der Waals surface area (Å²) in [5.41, 5.74) is 7.63. The highest BCUT2D eigenvalue weighted by Crippen LogP contribution is 2.34. The Kier molecular flexibility index (Phi) is 2.10. The van der Waals surface area contributed by atoms with E-state index in [0.717, 1.165) is 17.2 Å². The van der Waals surface area contributed by atoms with Crippen molar-refractivity contribution in [2.24, 2.45) is 0 Å². The second-order valence-corrected chi connectivity index (χ2v) is 4.41. The molecule has 0 aromatic carbocycles. The molecule has 0 unspecified atom stereocenters. The molecule has 76 valence electrons. The van der Waals surface area contributed by atoms with Crippen molar-refractivity contribution in [1.29, 1.82) is 0 Å². The van der Waals surface area contributed by atoms with Crippen LogP contribution in [0.4, 0.5) is 11.5 Å². The molecule has 0 saturated heterocycles. The van der Waals surface area contributed by atoms with Crippen LogP contribution in [0, 0.1) is 6.92 Å². The molecule has 1 heterocycles. The van der Waals surface area contributed by atoms with E-state index in [1.165, 1.54) is 19.3 Å². The third-order valence-electron chi connectivity index (χ3n) is 3.01. The third kappa shape index (κ3) is 1.67. The molecule has 1 aliphatic carbocycles. The van der Waals surface area contributed by atoms with Gasteiger partial charge in [0.05, 0.1) is 11.4 Å². The van der Waals surface area contributed by atoms with Crippen LogP contribution in [0.2, 0.25) is 0 Å². The van der Waals surface area contributed by atoms with Gasteiger partial charge in [0.1, 0.15) is 5.82 Å². The molecule has 0 aliphatic heterocycles. The predicted molar refractivity (Wildman–Crippen MR) is 59.3 cm³/mol. The highest BCUT2D eigenvalue weighted by molar-refractivity contribution is 5.50. The van der Waals surface area contributed by atoms with Gasteiger partial charge in [-0.15, -0.1) is 0 Å². The highest BCUT2D eigenvalue weighted by Gasteiger charge is 2.31. The van der Waals surface area contributed by atoms with Gasteiger partial charge in [0.2, 0.25) is 0 Å². The fraction of sp³-hybridized carbons (Fsp3) is 0.545. The van der Waals surface area contributed by atoms with Crippen molar-refractivity contribution < 1.29 is 0 Å². The van der Waals surface area contributed by atoms with Crippen molar-refractivity contribution >= 4 is 11.5 Å². The maximum absolute atomic E-state index is 5.71. The lowest BCUT2D eigenvalue weighted by Crippen LogP contribution is -2.41. The maximum Gasteiger partial charge on any atom is 0.126 e. The standard InChI is InChI=1S/C11H17N3/c1-8-9(12)4-5-10(13-8)14-11(2)6-3-7-11/h4-5H,3,6-7,12H2,1-2H3,(H,13,14). The molecule has 2 rings (SSSR count). The van der Waals surface area contributed by atoms with Gasteiger partial charge in [0.15, 0.2) is 0 Å². The molecule has 0 amide bonds. The van der Waals surface area contributed by atoms with E-state index < -0.39 is 0 Å². The SMILES string of the molecule is Cc1nc(NC2(C)CCC2)ccc1N. The molecule has 0 radical (unpaired) electrons. The lowest BCUT2D eigenvalue weighted by Gasteiger charge is -2.39. The summed E-state index contributed by atoms with van der Waals surface area (Å²) in [7, 11) is 0. The van der Waals surface area contributed by atoms with E-state index >= 15 is 0 Å². The number of rotatable bonds is 2. The number of hydrogen-bond acceptors (Lipinski definition) is 3. The molecule has 3 N–H and O–H groups in total. The van der Waals surface area contributed by atoms with Crippen molar-refractivity contribution in [2.75, 3.05) is 11.1 Å². The molecule has 1 aromatic rings. The number of aromatic nitrogens is 1. The zero-order valence-electron chi connectivity index (χ0n) is 8.80. The number of nitrogens with zero attached hydrogens (tertiary/aromatic N) is 1. The van der Waals surface area contributed by atoms with E-state index in [0.29, 0.717) is 0 Å². The number of nitrogens with two attached hydrogens (primary N) is 1. The van der Waals surface area contributed by atoms with Crippen LogP contribution in [0.3, 0.4) is 0 Å². The van der Waals surface area contributed by atoms with Crippen molar-refractivity contribution in [3.63, 3.8) is 0 Å². The topological polar surface area (TPSA) is 50.9 Å². The van der Waals surface area contributed by atoms with Crippen LogP contribution >= 0.6 is 0 Å². The summed E-state index contributed by atoms with van der Waals surface area (Å²) >= 11 is 0. The molecule has 1 aromatic heterocycles. The Morgan fingerprint density at radius 1 is 1.43 bits per heavy atom. The fourth-order valence-corrected chi connectivity index (χ4v) is 1.78. The largest absolute Gasteiger partial charge is 0.397 e. The Morgan fingerprint density at radius 3 is 2.64 bits per heavy atom. The Balaban J connectivity index is 2.13. The van der Waals surface area contributed by atoms with E-state index in [-0.39, 0.29) is 5.54 Å². The number of aryl methyl sites for hydroxylation is 1. The average molecular weight is 191 g/mol. The monoisotopic (exact) mass is 191 g/mol. The lowest BCUT2D eigenvalue weighted by molar-refractivity contribution is 0.306. The minimum Gasteiger partial charge on any atom is -0.397 e. The summed E-state index contributed by atoms with van der Waals surface area (Å²) < 4.78 is 0. The Morgan fingerprint density at radius 2 is 2.14 bits per heavy atom. The van der Waals surface area contributed by atoms with Crippen molar-refractivity contribution in [1.82, 2.24) is 4.98 Å². The summed E-state index contributed by atoms with van der Waals surface area (Å²) in [6, 6.07) is 3.86. The molecule has 0 atom stereocenters. The molecular formula is C11H17N3. The van der Waals surface area contributed by atoms with Gasteiger partial charge in [-0.25, -0.2) is 4.98 Å². The van der Waals surface area contributed by atoms with Gasteiger partial charge in [0.25, 0.3) is 0 Å². The molecule has 0 bridgehead atoms. The molecule has 1 saturated carbocycles. The first kappa shape index (κ1) is 9.31. The van der Waals surface area contributed by atoms with Gasteiger partial charge in [-0.05, 0) is 45.2 Å². The van der Waals surface area contributed by atoms with Crippen LogP contribution in [-0.2, 0) is 0 Å². The molecule has 1 aliphatic rings. The summed E-state index contributed by atoms with van der Waals surface area (Å²) in [4.78, 5) is 4.40. The first-order valence-corrected chi connectivity index (χ1v) is 5.10. The Bertz CT molecular complexity index is 342. The van der Waals surface area contributed by atoms with Crippen LogP contribution < -0.4 is 11.1 Å². The minimum absolute atomic E-state index is 0.259. The van der Waals surface area contributed by atoms with E-state index in [1.54, 1.807) is 0 Å². The number of anilines is 2. The second-order valence-electron chi connectivity index (χ2n) is 4.41. The zero-order chi connectivity index (χ0) is 10.2. The predicted octanol–water partition coefficient (Wildman–Crippen LogP) is 2.33. The van der Waals surface area contributed by atoms with Crippen molar-refractivity contribution in [2.45, 2.75) is 38.6 Å². The van der Waals surface area contributed by atoms with Crippen LogP contribution in [0.15, 0.2) is 12.1 Å². The first-order chi connectivity index (χ1) is 6.59. The molecule has 14 heavy (non-hydrogen) atoms. The Hall–Kier alpha value is -1.25. The molecular weight excluding hydrogens is 174 g/mol. The van der Waals surface area contributed by atoms with Gasteiger partial charge in [-0.3, -0.25) is 0 Å². The van der Waals surface area contributed by atoms with Crippen LogP contribution in [0.25, 0.3) is 0 Å².